The molecular formula is C8H9O8. The van der Waals surface area contributed by atoms with Crippen LogP contribution in [0.4, 0.5) is 0 Å². The molecule has 0 heterocycles. The molecular weight excluding hydrogens is 224 g/mol. The van der Waals surface area contributed by atoms with Gasteiger partial charge < -0.3 is 20.4 Å². The largest absolute Gasteiger partial charge is 0.481 e. The maximum absolute atomic E-state index is 10.6. The molecule has 0 spiro atoms. The van der Waals surface area contributed by atoms with Crippen molar-refractivity contribution >= 4 is 23.9 Å². The van der Waals surface area contributed by atoms with Gasteiger partial charge in [0.2, 0.25) is 0 Å². The van der Waals surface area contributed by atoms with E-state index < -0.39 is 42.1 Å². The molecule has 0 bridgehead atoms. The van der Waals surface area contributed by atoms with E-state index in [1.807, 2.05) is 0 Å². The Hall–Kier alpha value is -2.12. The van der Waals surface area contributed by atoms with Gasteiger partial charge in [-0.2, -0.15) is 0 Å². The molecule has 0 rings (SSSR count). The highest BCUT2D eigenvalue weighted by atomic mass is 16.4. The van der Waals surface area contributed by atoms with E-state index in [0.29, 0.717) is 0 Å². The summed E-state index contributed by atoms with van der Waals surface area (Å²) in [6.07, 6.45) is -0.708. The minimum atomic E-state index is -1.88. The predicted octanol–water partition coefficient (Wildman–Crippen LogP) is -0.848. The van der Waals surface area contributed by atoms with Crippen molar-refractivity contribution in [3.8, 4) is 0 Å². The maximum atomic E-state index is 10.6. The molecule has 8 nitrogen and oxygen atoms in total. The Morgan fingerprint density at radius 2 is 1.44 bits per heavy atom. The summed E-state index contributed by atoms with van der Waals surface area (Å²) in [5.41, 5.74) is 0. The minimum absolute atomic E-state index is 0.254. The lowest BCUT2D eigenvalue weighted by Gasteiger charge is -2.16. The quantitative estimate of drug-likeness (QED) is 0.444. The number of carboxylic acids is 4. The number of carboxylic acid groups (broad SMARTS) is 4. The number of aliphatic carboxylic acids is 4. The fourth-order valence-electron chi connectivity index (χ4n) is 1.07. The van der Waals surface area contributed by atoms with Crippen molar-refractivity contribution in [2.75, 3.05) is 0 Å². The predicted molar refractivity (Wildman–Crippen MR) is 46.4 cm³/mol. The Kier molecular flexibility index (Phi) is 4.93. The standard InChI is InChI=1S/C8H9O8/c9-5(10)1-3(7(13)14)4(8(15)16)2-6(11)12/h1,3-4H,2H2,(H,9,10)(H,11,12)(H,13,14)(H,15,16). The van der Waals surface area contributed by atoms with Crippen LogP contribution in [0, 0.1) is 18.3 Å². The van der Waals surface area contributed by atoms with Crippen molar-refractivity contribution in [1.82, 2.24) is 0 Å². The molecule has 4 N–H and O–H groups in total. The highest BCUT2D eigenvalue weighted by Crippen LogP contribution is 2.20. The van der Waals surface area contributed by atoms with Crippen LogP contribution in [0.5, 0.6) is 0 Å². The molecule has 0 aliphatic carbocycles. The summed E-state index contributed by atoms with van der Waals surface area (Å²) in [6, 6.07) is 0. The van der Waals surface area contributed by atoms with Crippen molar-refractivity contribution in [3.63, 3.8) is 0 Å². The second-order valence-corrected chi connectivity index (χ2v) is 2.91. The number of hydrogen-bond donors (Lipinski definition) is 4. The van der Waals surface area contributed by atoms with E-state index in [4.69, 9.17) is 20.4 Å². The zero-order valence-electron chi connectivity index (χ0n) is 7.86. The zero-order valence-corrected chi connectivity index (χ0v) is 7.86. The SMILES string of the molecule is O=C(O)[CH]C(C(=O)O)C(CC(=O)O)C(=O)O. The van der Waals surface area contributed by atoms with E-state index in [1.165, 1.54) is 0 Å². The third-order valence-electron chi connectivity index (χ3n) is 1.75. The average Bonchev–Trinajstić information content (AvgIpc) is 2.09. The van der Waals surface area contributed by atoms with E-state index in [0.717, 1.165) is 0 Å². The van der Waals surface area contributed by atoms with Crippen molar-refractivity contribution in [2.24, 2.45) is 11.8 Å². The van der Waals surface area contributed by atoms with Crippen LogP contribution in [0.25, 0.3) is 0 Å². The van der Waals surface area contributed by atoms with Gasteiger partial charge in [0.05, 0.1) is 24.7 Å². The first-order chi connectivity index (χ1) is 7.25. The molecule has 8 heteroatoms. The highest BCUT2D eigenvalue weighted by Gasteiger charge is 2.37. The topological polar surface area (TPSA) is 149 Å². The summed E-state index contributed by atoms with van der Waals surface area (Å²) in [5, 5.41) is 33.9. The molecule has 0 amide bonds. The Balaban J connectivity index is 4.93. The summed E-state index contributed by atoms with van der Waals surface area (Å²) < 4.78 is 0. The molecule has 0 aliphatic heterocycles. The molecule has 0 aliphatic rings. The van der Waals surface area contributed by atoms with E-state index in [2.05, 4.69) is 0 Å². The molecule has 0 aromatic rings. The van der Waals surface area contributed by atoms with Gasteiger partial charge in [0.25, 0.3) is 0 Å². The van der Waals surface area contributed by atoms with Crippen LogP contribution < -0.4 is 0 Å². The van der Waals surface area contributed by atoms with E-state index in [1.54, 1.807) is 0 Å². The molecule has 2 atom stereocenters. The van der Waals surface area contributed by atoms with Gasteiger partial charge in [0.15, 0.2) is 0 Å². The maximum Gasteiger partial charge on any atom is 0.308 e. The first-order valence-electron chi connectivity index (χ1n) is 4.01. The lowest BCUT2D eigenvalue weighted by molar-refractivity contribution is -0.157. The molecule has 1 radical (unpaired) electrons. The summed E-state index contributed by atoms with van der Waals surface area (Å²) >= 11 is 0. The van der Waals surface area contributed by atoms with Crippen LogP contribution in [-0.2, 0) is 19.2 Å². The fourth-order valence-corrected chi connectivity index (χ4v) is 1.07. The van der Waals surface area contributed by atoms with E-state index >= 15 is 0 Å². The molecule has 0 saturated heterocycles. The lowest BCUT2D eigenvalue weighted by atomic mass is 9.87. The Bertz CT molecular complexity index is 288. The fraction of sp³-hybridized carbons (Fsp3) is 0.375. The zero-order chi connectivity index (χ0) is 12.9. The molecule has 0 aromatic heterocycles. The smallest absolute Gasteiger partial charge is 0.308 e. The van der Waals surface area contributed by atoms with Crippen LogP contribution in [-0.4, -0.2) is 44.3 Å². The van der Waals surface area contributed by atoms with Gasteiger partial charge in [0, 0.05) is 0 Å². The van der Waals surface area contributed by atoms with Crippen molar-refractivity contribution < 1.29 is 39.6 Å². The Morgan fingerprint density at radius 1 is 0.938 bits per heavy atom. The molecule has 2 unspecified atom stereocenters. The minimum Gasteiger partial charge on any atom is -0.481 e. The van der Waals surface area contributed by atoms with Crippen LogP contribution in [0.3, 0.4) is 0 Å². The van der Waals surface area contributed by atoms with Crippen molar-refractivity contribution in [3.05, 3.63) is 6.42 Å². The van der Waals surface area contributed by atoms with Crippen molar-refractivity contribution in [1.29, 1.82) is 0 Å². The van der Waals surface area contributed by atoms with Gasteiger partial charge in [-0.05, 0) is 0 Å². The van der Waals surface area contributed by atoms with Gasteiger partial charge in [-0.3, -0.25) is 19.2 Å². The first-order valence-corrected chi connectivity index (χ1v) is 4.01. The monoisotopic (exact) mass is 233 g/mol. The van der Waals surface area contributed by atoms with Gasteiger partial charge in [-0.1, -0.05) is 0 Å². The summed E-state index contributed by atoms with van der Waals surface area (Å²) in [5.74, 6) is -10.2. The van der Waals surface area contributed by atoms with E-state index in [-0.39, 0.29) is 6.42 Å². The first kappa shape index (κ1) is 13.9. The highest BCUT2D eigenvalue weighted by molar-refractivity contribution is 5.90. The Labute approximate surface area is 89.1 Å². The second kappa shape index (κ2) is 5.69. The molecule has 89 valence electrons. The number of carbonyl (C=O) groups is 4. The van der Waals surface area contributed by atoms with Gasteiger partial charge in [0.1, 0.15) is 0 Å². The van der Waals surface area contributed by atoms with Gasteiger partial charge in [-0.25, -0.2) is 0 Å². The third-order valence-corrected chi connectivity index (χ3v) is 1.75. The molecule has 0 aromatic carbocycles. The van der Waals surface area contributed by atoms with Gasteiger partial charge in [-0.15, -0.1) is 0 Å². The van der Waals surface area contributed by atoms with Crippen LogP contribution >= 0.6 is 0 Å². The van der Waals surface area contributed by atoms with E-state index in [9.17, 15) is 19.2 Å². The van der Waals surface area contributed by atoms with Crippen molar-refractivity contribution in [2.45, 2.75) is 6.42 Å². The number of rotatable bonds is 7. The molecule has 16 heavy (non-hydrogen) atoms. The van der Waals surface area contributed by atoms with Crippen LogP contribution in [0.1, 0.15) is 6.42 Å². The van der Waals surface area contributed by atoms with Crippen LogP contribution in [0.2, 0.25) is 0 Å². The molecule has 0 fully saturated rings. The Morgan fingerprint density at radius 3 is 1.69 bits per heavy atom. The summed E-state index contributed by atoms with van der Waals surface area (Å²) in [7, 11) is 0. The van der Waals surface area contributed by atoms with Gasteiger partial charge >= 0.3 is 23.9 Å². The third kappa shape index (κ3) is 4.40. The second-order valence-electron chi connectivity index (χ2n) is 2.91. The normalized spacial score (nSPS) is 13.8. The lowest BCUT2D eigenvalue weighted by Crippen LogP contribution is -2.33. The molecule has 0 saturated carbocycles. The summed E-state index contributed by atoms with van der Waals surface area (Å²) in [4.78, 5) is 41.8. The summed E-state index contributed by atoms with van der Waals surface area (Å²) in [6.45, 7) is 0. The van der Waals surface area contributed by atoms with Crippen LogP contribution in [0.15, 0.2) is 0 Å². The average molecular weight is 233 g/mol. The number of hydrogen-bond acceptors (Lipinski definition) is 4.